The van der Waals surface area contributed by atoms with Crippen molar-refractivity contribution in [1.82, 2.24) is 4.90 Å². The van der Waals surface area contributed by atoms with Gasteiger partial charge in [-0.2, -0.15) is 0 Å². The number of amides is 1. The number of nitrogens with zero attached hydrogens (tertiary/aromatic N) is 1. The fraction of sp³-hybridized carbons (Fsp3) is 0.550. The van der Waals surface area contributed by atoms with Crippen molar-refractivity contribution in [3.05, 3.63) is 48.6 Å². The molecule has 1 aromatic rings. The fourth-order valence-electron chi connectivity index (χ4n) is 3.65. The molecule has 5 heteroatoms. The average Bonchev–Trinajstić information content (AvgIpc) is 2.60. The van der Waals surface area contributed by atoms with Crippen LogP contribution in [0.3, 0.4) is 0 Å². The summed E-state index contributed by atoms with van der Waals surface area (Å²) in [5.74, 6) is -0.605. The van der Waals surface area contributed by atoms with Crippen LogP contribution in [-0.4, -0.2) is 41.6 Å². The Bertz CT molecular complexity index is 601. The SMILES string of the molecule is C=CC[C@@H]1CC[C@@H]2OC(C)(C)OC[C@H]2N1C(=O)OCc1ccccc1. The van der Waals surface area contributed by atoms with Crippen LogP contribution in [-0.2, 0) is 20.8 Å². The van der Waals surface area contributed by atoms with Crippen molar-refractivity contribution < 1.29 is 19.0 Å². The average molecular weight is 345 g/mol. The van der Waals surface area contributed by atoms with Gasteiger partial charge in [0.05, 0.1) is 18.8 Å². The van der Waals surface area contributed by atoms with Gasteiger partial charge < -0.3 is 14.2 Å². The first kappa shape index (κ1) is 18.0. The van der Waals surface area contributed by atoms with Crippen LogP contribution in [0, 0.1) is 0 Å². The summed E-state index contributed by atoms with van der Waals surface area (Å²) >= 11 is 0. The van der Waals surface area contributed by atoms with Crippen LogP contribution in [0.4, 0.5) is 4.79 Å². The maximum atomic E-state index is 12.8. The van der Waals surface area contributed by atoms with Crippen molar-refractivity contribution in [2.24, 2.45) is 0 Å². The van der Waals surface area contributed by atoms with Crippen LogP contribution < -0.4 is 0 Å². The third kappa shape index (κ3) is 4.22. The molecular weight excluding hydrogens is 318 g/mol. The number of hydrogen-bond donors (Lipinski definition) is 0. The van der Waals surface area contributed by atoms with E-state index < -0.39 is 5.79 Å². The molecule has 0 bridgehead atoms. The van der Waals surface area contributed by atoms with Gasteiger partial charge in [0.25, 0.3) is 0 Å². The third-order valence-corrected chi connectivity index (χ3v) is 4.86. The number of ether oxygens (including phenoxy) is 3. The summed E-state index contributed by atoms with van der Waals surface area (Å²) < 4.78 is 17.4. The summed E-state index contributed by atoms with van der Waals surface area (Å²) in [6, 6.07) is 9.67. The Morgan fingerprint density at radius 1 is 1.36 bits per heavy atom. The molecule has 2 aliphatic heterocycles. The lowest BCUT2D eigenvalue weighted by Gasteiger charge is -2.50. The molecule has 0 radical (unpaired) electrons. The van der Waals surface area contributed by atoms with E-state index in [0.29, 0.717) is 6.61 Å². The number of piperidine rings is 1. The Balaban J connectivity index is 1.71. The normalized spacial score (nSPS) is 28.1. The molecule has 2 saturated heterocycles. The van der Waals surface area contributed by atoms with Crippen LogP contribution in [0.1, 0.15) is 38.7 Å². The van der Waals surface area contributed by atoms with E-state index in [4.69, 9.17) is 14.2 Å². The van der Waals surface area contributed by atoms with Gasteiger partial charge >= 0.3 is 6.09 Å². The van der Waals surface area contributed by atoms with E-state index in [2.05, 4.69) is 6.58 Å². The minimum absolute atomic E-state index is 0.0194. The van der Waals surface area contributed by atoms with E-state index in [-0.39, 0.29) is 30.9 Å². The van der Waals surface area contributed by atoms with Gasteiger partial charge in [-0.1, -0.05) is 36.4 Å². The number of benzene rings is 1. The van der Waals surface area contributed by atoms with E-state index in [9.17, 15) is 4.79 Å². The summed E-state index contributed by atoms with van der Waals surface area (Å²) in [6.45, 7) is 8.39. The fourth-order valence-corrected chi connectivity index (χ4v) is 3.65. The molecule has 0 aromatic heterocycles. The van der Waals surface area contributed by atoms with Gasteiger partial charge in [-0.15, -0.1) is 6.58 Å². The highest BCUT2D eigenvalue weighted by Gasteiger charge is 2.46. The highest BCUT2D eigenvalue weighted by molar-refractivity contribution is 5.69. The molecule has 0 aliphatic carbocycles. The monoisotopic (exact) mass is 345 g/mol. The van der Waals surface area contributed by atoms with E-state index in [1.165, 1.54) is 0 Å². The second-order valence-electron chi connectivity index (χ2n) is 7.14. The molecule has 0 unspecified atom stereocenters. The molecular formula is C20H27NO4. The summed E-state index contributed by atoms with van der Waals surface area (Å²) in [7, 11) is 0. The minimum Gasteiger partial charge on any atom is -0.445 e. The van der Waals surface area contributed by atoms with Crippen molar-refractivity contribution in [3.63, 3.8) is 0 Å². The Kier molecular flexibility index (Phi) is 5.45. The number of carbonyl (C=O) groups excluding carboxylic acids is 1. The van der Waals surface area contributed by atoms with Gasteiger partial charge in [0.1, 0.15) is 6.61 Å². The van der Waals surface area contributed by atoms with Gasteiger partial charge in [-0.05, 0) is 38.7 Å². The standard InChI is InChI=1S/C20H27NO4/c1-4-8-16-11-12-18-17(14-24-20(2,3)25-18)21(16)19(22)23-13-15-9-6-5-7-10-15/h4-7,9-10,16-18H,1,8,11-14H2,2-3H3/t16-,17-,18+/m1/s1. The lowest BCUT2D eigenvalue weighted by Crippen LogP contribution is -2.63. The molecule has 136 valence electrons. The molecule has 2 aliphatic rings. The largest absolute Gasteiger partial charge is 0.445 e. The number of carbonyl (C=O) groups is 1. The Morgan fingerprint density at radius 3 is 2.84 bits per heavy atom. The van der Waals surface area contributed by atoms with Crippen LogP contribution >= 0.6 is 0 Å². The Labute approximate surface area is 149 Å². The molecule has 3 rings (SSSR count). The van der Waals surface area contributed by atoms with E-state index in [0.717, 1.165) is 24.8 Å². The maximum Gasteiger partial charge on any atom is 0.410 e. The minimum atomic E-state index is -0.605. The predicted octanol–water partition coefficient (Wildman–Crippen LogP) is 3.88. The third-order valence-electron chi connectivity index (χ3n) is 4.86. The highest BCUT2D eigenvalue weighted by atomic mass is 16.7. The van der Waals surface area contributed by atoms with Gasteiger partial charge in [0, 0.05) is 6.04 Å². The molecule has 0 saturated carbocycles. The topological polar surface area (TPSA) is 48.0 Å². The number of fused-ring (bicyclic) bond motifs is 1. The molecule has 2 fully saturated rings. The molecule has 0 N–H and O–H groups in total. The lowest BCUT2D eigenvalue weighted by atomic mass is 9.91. The highest BCUT2D eigenvalue weighted by Crippen LogP contribution is 2.35. The maximum absolute atomic E-state index is 12.8. The summed E-state index contributed by atoms with van der Waals surface area (Å²) in [5.41, 5.74) is 0.974. The molecule has 1 aromatic carbocycles. The van der Waals surface area contributed by atoms with Crippen molar-refractivity contribution in [3.8, 4) is 0 Å². The van der Waals surface area contributed by atoms with Gasteiger partial charge in [0.15, 0.2) is 5.79 Å². The van der Waals surface area contributed by atoms with Crippen molar-refractivity contribution in [1.29, 1.82) is 0 Å². The van der Waals surface area contributed by atoms with Crippen LogP contribution in [0.25, 0.3) is 0 Å². The number of hydrogen-bond acceptors (Lipinski definition) is 4. The smallest absolute Gasteiger partial charge is 0.410 e. The quantitative estimate of drug-likeness (QED) is 0.777. The zero-order valence-corrected chi connectivity index (χ0v) is 15.0. The summed E-state index contributed by atoms with van der Waals surface area (Å²) in [4.78, 5) is 14.6. The van der Waals surface area contributed by atoms with Crippen molar-refractivity contribution >= 4 is 6.09 Å². The van der Waals surface area contributed by atoms with Gasteiger partial charge in [-0.25, -0.2) is 4.79 Å². The van der Waals surface area contributed by atoms with E-state index in [1.807, 2.05) is 55.2 Å². The van der Waals surface area contributed by atoms with E-state index >= 15 is 0 Å². The first-order chi connectivity index (χ1) is 12.0. The molecule has 3 atom stereocenters. The van der Waals surface area contributed by atoms with E-state index in [1.54, 1.807) is 0 Å². The van der Waals surface area contributed by atoms with Gasteiger partial charge in [-0.3, -0.25) is 4.90 Å². The molecule has 2 heterocycles. The second-order valence-corrected chi connectivity index (χ2v) is 7.14. The Morgan fingerprint density at radius 2 is 2.12 bits per heavy atom. The van der Waals surface area contributed by atoms with Crippen molar-refractivity contribution in [2.75, 3.05) is 6.61 Å². The van der Waals surface area contributed by atoms with Gasteiger partial charge in [0.2, 0.25) is 0 Å². The molecule has 1 amide bonds. The lowest BCUT2D eigenvalue weighted by molar-refractivity contribution is -0.301. The zero-order valence-electron chi connectivity index (χ0n) is 15.0. The second kappa shape index (κ2) is 7.58. The Hall–Kier alpha value is -1.85. The molecule has 0 spiro atoms. The van der Waals surface area contributed by atoms with Crippen LogP contribution in [0.2, 0.25) is 0 Å². The first-order valence-electron chi connectivity index (χ1n) is 8.92. The first-order valence-corrected chi connectivity index (χ1v) is 8.92. The summed E-state index contributed by atoms with van der Waals surface area (Å²) in [5, 5.41) is 0. The number of likely N-dealkylation sites (tertiary alicyclic amines) is 1. The molecule has 5 nitrogen and oxygen atoms in total. The predicted molar refractivity (Wildman–Crippen MR) is 95.0 cm³/mol. The van der Waals surface area contributed by atoms with Crippen LogP contribution in [0.15, 0.2) is 43.0 Å². The van der Waals surface area contributed by atoms with Crippen molar-refractivity contribution in [2.45, 2.75) is 63.7 Å². The molecule has 25 heavy (non-hydrogen) atoms. The zero-order chi connectivity index (χ0) is 17.9. The van der Waals surface area contributed by atoms with Crippen LogP contribution in [0.5, 0.6) is 0 Å². The number of rotatable bonds is 4. The summed E-state index contributed by atoms with van der Waals surface area (Å²) in [6.07, 6.45) is 4.07.